The molecule has 1 unspecified atom stereocenters. The Labute approximate surface area is 114 Å². The molecule has 19 heavy (non-hydrogen) atoms. The molecule has 0 radical (unpaired) electrons. The van der Waals surface area contributed by atoms with Gasteiger partial charge in [0.25, 0.3) is 0 Å². The molecule has 0 saturated carbocycles. The zero-order valence-corrected chi connectivity index (χ0v) is 12.8. The molecule has 1 saturated heterocycles. The molecule has 0 bridgehead atoms. The number of rotatable bonds is 2. The van der Waals surface area contributed by atoms with Crippen LogP contribution in [0, 0.1) is 0 Å². The van der Waals surface area contributed by atoms with E-state index in [1.165, 1.54) is 0 Å². The first kappa shape index (κ1) is 14.5. The quantitative estimate of drug-likeness (QED) is 0.831. The lowest BCUT2D eigenvalue weighted by atomic mass is 9.96. The molecule has 1 aliphatic heterocycles. The van der Waals surface area contributed by atoms with E-state index < -0.39 is 9.84 Å². The normalized spacial score (nSPS) is 23.5. The molecule has 6 nitrogen and oxygen atoms in total. The van der Waals surface area contributed by atoms with E-state index in [2.05, 4.69) is 36.2 Å². The lowest BCUT2D eigenvalue weighted by Crippen LogP contribution is -2.46. The van der Waals surface area contributed by atoms with Crippen LogP contribution in [0.15, 0.2) is 0 Å². The summed E-state index contributed by atoms with van der Waals surface area (Å²) in [5.41, 5.74) is -0.0952. The molecule has 2 rings (SSSR count). The molecule has 0 aliphatic carbocycles. The van der Waals surface area contributed by atoms with Crippen LogP contribution in [-0.4, -0.2) is 47.3 Å². The van der Waals surface area contributed by atoms with Gasteiger partial charge in [0.1, 0.15) is 5.82 Å². The second kappa shape index (κ2) is 4.86. The van der Waals surface area contributed by atoms with Crippen molar-refractivity contribution >= 4 is 9.84 Å². The summed E-state index contributed by atoms with van der Waals surface area (Å²) in [6.07, 6.45) is 0.596. The molecule has 1 aromatic heterocycles. The molecule has 0 amide bonds. The molecular weight excluding hydrogens is 264 g/mol. The van der Waals surface area contributed by atoms with E-state index in [4.69, 9.17) is 0 Å². The molecule has 1 atom stereocenters. The molecule has 108 valence electrons. The Morgan fingerprint density at radius 3 is 2.63 bits per heavy atom. The maximum absolute atomic E-state index is 11.6. The predicted octanol–water partition coefficient (Wildman–Crippen LogP) is 0.0417. The van der Waals surface area contributed by atoms with Crippen LogP contribution < -0.4 is 5.32 Å². The van der Waals surface area contributed by atoms with E-state index in [9.17, 15) is 8.42 Å². The van der Waals surface area contributed by atoms with Crippen molar-refractivity contribution in [1.82, 2.24) is 20.1 Å². The van der Waals surface area contributed by atoms with Gasteiger partial charge in [-0.3, -0.25) is 4.68 Å². The Hall–Kier alpha value is -0.950. The van der Waals surface area contributed by atoms with Gasteiger partial charge >= 0.3 is 0 Å². The van der Waals surface area contributed by atoms with Crippen LogP contribution in [-0.2, 0) is 28.7 Å². The van der Waals surface area contributed by atoms with Crippen molar-refractivity contribution in [1.29, 1.82) is 0 Å². The van der Waals surface area contributed by atoms with Crippen molar-refractivity contribution in [3.05, 3.63) is 11.6 Å². The van der Waals surface area contributed by atoms with Crippen molar-refractivity contribution in [3.63, 3.8) is 0 Å². The van der Waals surface area contributed by atoms with E-state index in [1.54, 1.807) is 4.68 Å². The molecule has 0 aromatic carbocycles. The third kappa shape index (κ3) is 3.54. The van der Waals surface area contributed by atoms with Gasteiger partial charge in [0.15, 0.2) is 15.7 Å². The van der Waals surface area contributed by atoms with Crippen molar-refractivity contribution in [3.8, 4) is 0 Å². The van der Waals surface area contributed by atoms with Gasteiger partial charge in [0, 0.05) is 31.5 Å². The Bertz CT molecular complexity index is 557. The second-order valence-corrected chi connectivity index (χ2v) is 8.42. The van der Waals surface area contributed by atoms with E-state index in [0.29, 0.717) is 13.0 Å². The van der Waals surface area contributed by atoms with Gasteiger partial charge in [-0.1, -0.05) is 20.8 Å². The molecular formula is C12H22N4O2S. The number of aryl methyl sites for hydroxylation is 1. The molecule has 1 aliphatic rings. The topological polar surface area (TPSA) is 76.9 Å². The highest BCUT2D eigenvalue weighted by Gasteiger charge is 2.27. The van der Waals surface area contributed by atoms with E-state index >= 15 is 0 Å². The van der Waals surface area contributed by atoms with Crippen LogP contribution in [0.25, 0.3) is 0 Å². The summed E-state index contributed by atoms with van der Waals surface area (Å²) >= 11 is 0. The fourth-order valence-corrected chi connectivity index (χ4v) is 3.58. The number of nitrogens with zero attached hydrogens (tertiary/aromatic N) is 3. The lowest BCUT2D eigenvalue weighted by Gasteiger charge is -2.23. The zero-order valence-electron chi connectivity index (χ0n) is 12.0. The summed E-state index contributed by atoms with van der Waals surface area (Å²) in [6, 6.07) is -0.0607. The third-order valence-electron chi connectivity index (χ3n) is 3.25. The van der Waals surface area contributed by atoms with Crippen molar-refractivity contribution in [2.75, 3.05) is 18.1 Å². The molecule has 1 fully saturated rings. The van der Waals surface area contributed by atoms with E-state index in [0.717, 1.165) is 11.6 Å². The second-order valence-electron chi connectivity index (χ2n) is 6.19. The van der Waals surface area contributed by atoms with E-state index in [1.807, 2.05) is 7.05 Å². The summed E-state index contributed by atoms with van der Waals surface area (Å²) in [7, 11) is -1.05. The maximum Gasteiger partial charge on any atom is 0.156 e. The summed E-state index contributed by atoms with van der Waals surface area (Å²) in [6.45, 7) is 6.72. The standard InChI is InChI=1S/C12H22N4O2S/c1-12(2,3)11-14-10(16(4)15-11)7-9-8-19(17,18)6-5-13-9/h9,13H,5-8H2,1-4H3. The summed E-state index contributed by atoms with van der Waals surface area (Å²) in [5, 5.41) is 7.65. The van der Waals surface area contributed by atoms with Gasteiger partial charge in [0.05, 0.1) is 11.5 Å². The fourth-order valence-electron chi connectivity index (χ4n) is 2.13. The van der Waals surface area contributed by atoms with Gasteiger partial charge < -0.3 is 5.32 Å². The Balaban J connectivity index is 2.13. The Kier molecular flexibility index (Phi) is 3.70. The van der Waals surface area contributed by atoms with Crippen molar-refractivity contribution in [2.45, 2.75) is 38.6 Å². The molecule has 1 aromatic rings. The van der Waals surface area contributed by atoms with Gasteiger partial charge in [-0.25, -0.2) is 13.4 Å². The van der Waals surface area contributed by atoms with Gasteiger partial charge in [-0.15, -0.1) is 0 Å². The minimum absolute atomic E-state index is 0.0607. The molecule has 0 spiro atoms. The average Bonchev–Trinajstić information content (AvgIpc) is 2.58. The number of aromatic nitrogens is 3. The SMILES string of the molecule is Cn1nc(C(C)(C)C)nc1CC1CS(=O)(=O)CCN1. The van der Waals surface area contributed by atoms with Crippen LogP contribution in [0.5, 0.6) is 0 Å². The largest absolute Gasteiger partial charge is 0.312 e. The van der Waals surface area contributed by atoms with Gasteiger partial charge in [0.2, 0.25) is 0 Å². The summed E-state index contributed by atoms with van der Waals surface area (Å²) < 4.78 is 25.0. The molecule has 7 heteroatoms. The summed E-state index contributed by atoms with van der Waals surface area (Å²) in [4.78, 5) is 4.54. The first-order chi connectivity index (χ1) is 8.67. The van der Waals surface area contributed by atoms with E-state index in [-0.39, 0.29) is 23.0 Å². The average molecular weight is 286 g/mol. The minimum Gasteiger partial charge on any atom is -0.312 e. The fraction of sp³-hybridized carbons (Fsp3) is 0.833. The molecule has 2 heterocycles. The lowest BCUT2D eigenvalue weighted by molar-refractivity contribution is 0.500. The first-order valence-corrected chi connectivity index (χ1v) is 8.34. The molecule has 1 N–H and O–H groups in total. The first-order valence-electron chi connectivity index (χ1n) is 6.51. The Morgan fingerprint density at radius 1 is 1.42 bits per heavy atom. The van der Waals surface area contributed by atoms with Crippen LogP contribution in [0.1, 0.15) is 32.4 Å². The number of sulfone groups is 1. The predicted molar refractivity (Wildman–Crippen MR) is 73.9 cm³/mol. The maximum atomic E-state index is 11.6. The number of nitrogens with one attached hydrogen (secondary N) is 1. The highest BCUT2D eigenvalue weighted by atomic mass is 32.2. The minimum atomic E-state index is -2.91. The van der Waals surface area contributed by atoms with Gasteiger partial charge in [-0.05, 0) is 0 Å². The van der Waals surface area contributed by atoms with Crippen LogP contribution >= 0.6 is 0 Å². The smallest absolute Gasteiger partial charge is 0.156 e. The van der Waals surface area contributed by atoms with Crippen LogP contribution in [0.4, 0.5) is 0 Å². The highest BCUT2D eigenvalue weighted by Crippen LogP contribution is 2.19. The number of hydrogen-bond acceptors (Lipinski definition) is 5. The van der Waals surface area contributed by atoms with Crippen LogP contribution in [0.3, 0.4) is 0 Å². The number of hydrogen-bond donors (Lipinski definition) is 1. The van der Waals surface area contributed by atoms with Crippen molar-refractivity contribution in [2.24, 2.45) is 7.05 Å². The monoisotopic (exact) mass is 286 g/mol. The van der Waals surface area contributed by atoms with Crippen LogP contribution in [0.2, 0.25) is 0 Å². The Morgan fingerprint density at radius 2 is 2.11 bits per heavy atom. The zero-order chi connectivity index (χ0) is 14.3. The summed E-state index contributed by atoms with van der Waals surface area (Å²) in [5.74, 6) is 2.04. The highest BCUT2D eigenvalue weighted by molar-refractivity contribution is 7.91. The third-order valence-corrected chi connectivity index (χ3v) is 4.99. The van der Waals surface area contributed by atoms with Crippen molar-refractivity contribution < 1.29 is 8.42 Å². The van der Waals surface area contributed by atoms with Gasteiger partial charge in [-0.2, -0.15) is 5.10 Å².